The smallest absolute Gasteiger partial charge is 0.410 e. The number of amides is 5. The summed E-state index contributed by atoms with van der Waals surface area (Å²) in [6, 6.07) is 4.56. The Labute approximate surface area is 328 Å². The predicted octanol–water partition coefficient (Wildman–Crippen LogP) is 4.46. The topological polar surface area (TPSA) is 181 Å². The minimum atomic E-state index is -4.49. The Morgan fingerprint density at radius 2 is 1.77 bits per heavy atom. The van der Waals surface area contributed by atoms with E-state index in [-0.39, 0.29) is 44.5 Å². The van der Waals surface area contributed by atoms with Crippen molar-refractivity contribution in [2.24, 2.45) is 5.92 Å². The van der Waals surface area contributed by atoms with Gasteiger partial charge in [-0.25, -0.2) is 31.2 Å². The minimum absolute atomic E-state index is 0.00968. The van der Waals surface area contributed by atoms with Gasteiger partial charge in [0.25, 0.3) is 5.91 Å². The number of hydrogen-bond acceptors (Lipinski definition) is 9. The third-order valence-electron chi connectivity index (χ3n) is 10.4. The van der Waals surface area contributed by atoms with Gasteiger partial charge < -0.3 is 25.0 Å². The zero-order valence-corrected chi connectivity index (χ0v) is 32.6. The summed E-state index contributed by atoms with van der Waals surface area (Å²) in [5.41, 5.74) is -1.81. The maximum absolute atomic E-state index is 14.5. The normalized spacial score (nSPS) is 25.8. The van der Waals surface area contributed by atoms with E-state index >= 15 is 0 Å². The first-order chi connectivity index (χ1) is 26.8. The van der Waals surface area contributed by atoms with Gasteiger partial charge in [0, 0.05) is 24.4 Å². The van der Waals surface area contributed by atoms with Crippen molar-refractivity contribution in [3.8, 4) is 0 Å². The number of carbonyl (C=O) groups excluding carboxylic acids is 5. The quantitative estimate of drug-likeness (QED) is 0.355. The van der Waals surface area contributed by atoms with Gasteiger partial charge in [-0.05, 0) is 75.8 Å². The number of hydrogen-bond donors (Lipinski definition) is 3. The Bertz CT molecular complexity index is 2080. The van der Waals surface area contributed by atoms with Gasteiger partial charge >= 0.3 is 12.2 Å². The van der Waals surface area contributed by atoms with Crippen molar-refractivity contribution < 1.29 is 55.0 Å². The van der Waals surface area contributed by atoms with E-state index in [2.05, 4.69) is 10.6 Å². The van der Waals surface area contributed by atoms with Gasteiger partial charge in [0.05, 0.1) is 18.8 Å². The third-order valence-corrected chi connectivity index (χ3v) is 11.6. The Hall–Kier alpha value is -5.13. The van der Waals surface area contributed by atoms with Gasteiger partial charge in [-0.3, -0.25) is 24.0 Å². The molecule has 14 nitrogen and oxygen atoms in total. The number of ether oxygens (including phenoxy) is 2. The second kappa shape index (κ2) is 16.4. The van der Waals surface area contributed by atoms with Crippen LogP contribution >= 0.6 is 0 Å². The third kappa shape index (κ3) is 9.88. The molecule has 0 unspecified atom stereocenters. The summed E-state index contributed by atoms with van der Waals surface area (Å²) in [5, 5.41) is 5.32. The van der Waals surface area contributed by atoms with Gasteiger partial charge in [-0.1, -0.05) is 43.2 Å². The molecule has 4 aliphatic rings. The average molecular weight is 818 g/mol. The molecule has 1 saturated carbocycles. The van der Waals surface area contributed by atoms with E-state index < -0.39 is 98.4 Å². The molecule has 0 spiro atoms. The minimum Gasteiger partial charge on any atom is -0.444 e. The first-order valence-corrected chi connectivity index (χ1v) is 20.5. The SMILES string of the molecule is CC(C)(C)OC(=O)N[C@H]1CCCCC/C=C\[C@H]2C[C@@]2(C(=O)NS(=O)(=O)Cc2ccc(F)c(F)c2)NC(=O)[C@@H]2C[C@@H](OC(=O)N3Cc4cccc(F)c4C3)CN2C1=O. The molecule has 18 heteroatoms. The Morgan fingerprint density at radius 3 is 2.49 bits per heavy atom. The highest BCUT2D eigenvalue weighted by Gasteiger charge is 2.61. The molecule has 5 amide bonds. The lowest BCUT2D eigenvalue weighted by Gasteiger charge is -2.30. The predicted molar refractivity (Wildman–Crippen MR) is 198 cm³/mol. The van der Waals surface area contributed by atoms with Crippen molar-refractivity contribution in [2.75, 3.05) is 6.54 Å². The van der Waals surface area contributed by atoms with E-state index in [0.29, 0.717) is 42.9 Å². The van der Waals surface area contributed by atoms with Crippen molar-refractivity contribution in [1.29, 1.82) is 0 Å². The number of fused-ring (bicyclic) bond motifs is 3. The first-order valence-electron chi connectivity index (χ1n) is 18.8. The fourth-order valence-corrected chi connectivity index (χ4v) is 8.61. The van der Waals surface area contributed by atoms with Crippen LogP contribution < -0.4 is 15.4 Å². The molecule has 308 valence electrons. The molecule has 2 aromatic rings. The van der Waals surface area contributed by atoms with Gasteiger partial charge in [-0.15, -0.1) is 0 Å². The van der Waals surface area contributed by atoms with Gasteiger partial charge in [0.15, 0.2) is 11.6 Å². The second-order valence-corrected chi connectivity index (χ2v) is 17.7. The maximum atomic E-state index is 14.5. The zero-order chi connectivity index (χ0) is 41.3. The summed E-state index contributed by atoms with van der Waals surface area (Å²) < 4.78 is 81.2. The summed E-state index contributed by atoms with van der Waals surface area (Å²) in [6.45, 7) is 4.75. The highest BCUT2D eigenvalue weighted by molar-refractivity contribution is 7.89. The van der Waals surface area contributed by atoms with Crippen LogP contribution in [-0.2, 0) is 52.7 Å². The number of alkyl carbamates (subject to hydrolysis) is 1. The fraction of sp³-hybridized carbons (Fsp3) is 0.513. The molecule has 2 fully saturated rings. The highest BCUT2D eigenvalue weighted by atomic mass is 32.2. The van der Waals surface area contributed by atoms with Crippen LogP contribution in [0.3, 0.4) is 0 Å². The summed E-state index contributed by atoms with van der Waals surface area (Å²) >= 11 is 0. The largest absolute Gasteiger partial charge is 0.444 e. The van der Waals surface area contributed by atoms with E-state index in [4.69, 9.17) is 9.47 Å². The second-order valence-electron chi connectivity index (χ2n) is 16.0. The molecule has 0 bridgehead atoms. The molecule has 1 saturated heterocycles. The Morgan fingerprint density at radius 1 is 1.00 bits per heavy atom. The molecular weight excluding hydrogens is 772 g/mol. The number of nitrogens with one attached hydrogen (secondary N) is 3. The van der Waals surface area contributed by atoms with Crippen molar-refractivity contribution in [3.05, 3.63) is 82.7 Å². The number of carbonyl (C=O) groups is 5. The number of halogens is 3. The van der Waals surface area contributed by atoms with E-state index in [1.807, 2.05) is 10.8 Å². The van der Waals surface area contributed by atoms with Gasteiger partial charge in [0.1, 0.15) is 35.1 Å². The standard InChI is InChI=1S/C39H46F3N5O9S/c1-38(2,3)56-36(51)43-31-13-8-6-4-5-7-11-25-18-39(25,35(50)45-57(53,54)22-23-14-15-29(41)30(42)16-23)44-33(48)32-17-26(20-47(32)34(31)49)55-37(52)46-19-24-10-9-12-28(40)27(24)21-46/h7,9-12,14-16,25-26,31-32H,4-6,8,13,17-22H2,1-3H3,(H,43,51)(H,44,48)(H,45,50)/b11-7-/t25-,26+,31-,32-,39+/m0/s1. The lowest BCUT2D eigenvalue weighted by molar-refractivity contribution is -0.141. The number of allylic oxidation sites excluding steroid dienone is 1. The lowest BCUT2D eigenvalue weighted by Crippen LogP contribution is -2.58. The van der Waals surface area contributed by atoms with Crippen molar-refractivity contribution in [1.82, 2.24) is 25.2 Å². The number of rotatable bonds is 6. The first kappa shape index (κ1) is 41.5. The Balaban J connectivity index is 1.25. The lowest BCUT2D eigenvalue weighted by atomic mass is 10.0. The van der Waals surface area contributed by atoms with Crippen LogP contribution in [0.5, 0.6) is 0 Å². The number of sulfonamides is 1. The van der Waals surface area contributed by atoms with E-state index in [1.165, 1.54) is 21.9 Å². The molecular formula is C39H46F3N5O9S. The van der Waals surface area contributed by atoms with Crippen LogP contribution in [0, 0.1) is 23.4 Å². The van der Waals surface area contributed by atoms with Crippen LogP contribution in [-0.4, -0.2) is 84.0 Å². The van der Waals surface area contributed by atoms with Crippen LogP contribution in [0.4, 0.5) is 22.8 Å². The molecule has 1 aliphatic carbocycles. The van der Waals surface area contributed by atoms with E-state index in [0.717, 1.165) is 12.1 Å². The van der Waals surface area contributed by atoms with Crippen molar-refractivity contribution >= 4 is 39.9 Å². The molecule has 3 aliphatic heterocycles. The molecule has 2 aromatic carbocycles. The molecule has 57 heavy (non-hydrogen) atoms. The summed E-state index contributed by atoms with van der Waals surface area (Å²) in [7, 11) is -4.49. The molecule has 3 heterocycles. The number of nitrogens with zero attached hydrogens (tertiary/aromatic N) is 2. The molecule has 0 aromatic heterocycles. The maximum Gasteiger partial charge on any atom is 0.410 e. The monoisotopic (exact) mass is 817 g/mol. The number of benzene rings is 2. The van der Waals surface area contributed by atoms with Crippen molar-refractivity contribution in [2.45, 2.75) is 114 Å². The Kier molecular flexibility index (Phi) is 11.9. The molecule has 5 atom stereocenters. The average Bonchev–Trinajstić information content (AvgIpc) is 3.40. The van der Waals surface area contributed by atoms with Crippen LogP contribution in [0.2, 0.25) is 0 Å². The van der Waals surface area contributed by atoms with Crippen molar-refractivity contribution in [3.63, 3.8) is 0 Å². The van der Waals surface area contributed by atoms with Crippen LogP contribution in [0.1, 0.15) is 82.4 Å². The zero-order valence-electron chi connectivity index (χ0n) is 31.8. The summed E-state index contributed by atoms with van der Waals surface area (Å²) in [6.07, 6.45) is 3.25. The summed E-state index contributed by atoms with van der Waals surface area (Å²) in [5.74, 6) is -6.98. The molecule has 3 N–H and O–H groups in total. The molecule has 0 radical (unpaired) electrons. The van der Waals surface area contributed by atoms with Crippen LogP contribution in [0.25, 0.3) is 0 Å². The van der Waals surface area contributed by atoms with E-state index in [9.17, 15) is 45.6 Å². The fourth-order valence-electron chi connectivity index (χ4n) is 7.46. The van der Waals surface area contributed by atoms with Gasteiger partial charge in [0.2, 0.25) is 21.8 Å². The summed E-state index contributed by atoms with van der Waals surface area (Å²) in [4.78, 5) is 71.3. The highest BCUT2D eigenvalue weighted by Crippen LogP contribution is 2.46. The van der Waals surface area contributed by atoms with Gasteiger partial charge in [-0.2, -0.15) is 0 Å². The molecule has 6 rings (SSSR count). The van der Waals surface area contributed by atoms with E-state index in [1.54, 1.807) is 32.9 Å². The van der Waals surface area contributed by atoms with Crippen LogP contribution in [0.15, 0.2) is 48.6 Å².